The molecule has 0 fully saturated rings. The lowest BCUT2D eigenvalue weighted by atomic mass is 10.1. The van der Waals surface area contributed by atoms with Crippen molar-refractivity contribution in [3.63, 3.8) is 0 Å². The van der Waals surface area contributed by atoms with Crippen LogP contribution in [0.25, 0.3) is 0 Å². The first kappa shape index (κ1) is 12.3. The third-order valence-electron chi connectivity index (χ3n) is 2.62. The summed E-state index contributed by atoms with van der Waals surface area (Å²) in [6.45, 7) is 0.977. The first-order chi connectivity index (χ1) is 8.69. The van der Waals surface area contributed by atoms with E-state index in [1.54, 1.807) is 17.1 Å². The van der Waals surface area contributed by atoms with Crippen molar-refractivity contribution in [2.45, 2.75) is 13.1 Å². The Morgan fingerprint density at radius 1 is 1.44 bits per heavy atom. The summed E-state index contributed by atoms with van der Waals surface area (Å²) in [6.07, 6.45) is 3.29. The number of carbonyl (C=O) groups is 1. The molecule has 0 bridgehead atoms. The minimum absolute atomic E-state index is 0.172. The van der Waals surface area contributed by atoms with Gasteiger partial charge in [-0.15, -0.1) is 0 Å². The van der Waals surface area contributed by atoms with Crippen LogP contribution >= 0.6 is 0 Å². The van der Waals surface area contributed by atoms with Gasteiger partial charge in [0.05, 0.1) is 6.33 Å². The first-order valence-corrected chi connectivity index (χ1v) is 5.73. The van der Waals surface area contributed by atoms with Gasteiger partial charge in [-0.2, -0.15) is 0 Å². The maximum atomic E-state index is 11.8. The van der Waals surface area contributed by atoms with Gasteiger partial charge in [-0.05, 0) is 11.1 Å². The molecular weight excluding hydrogens is 228 g/mol. The van der Waals surface area contributed by atoms with Gasteiger partial charge >= 0.3 is 0 Å². The Hall–Kier alpha value is -2.14. The van der Waals surface area contributed by atoms with Crippen LogP contribution in [0.3, 0.4) is 0 Å². The molecule has 0 saturated carbocycles. The summed E-state index contributed by atoms with van der Waals surface area (Å²) >= 11 is 0. The van der Waals surface area contributed by atoms with E-state index in [1.807, 2.05) is 31.3 Å². The summed E-state index contributed by atoms with van der Waals surface area (Å²) in [7, 11) is 1.83. The van der Waals surface area contributed by atoms with Gasteiger partial charge in [-0.1, -0.05) is 24.3 Å². The van der Waals surface area contributed by atoms with Crippen LogP contribution in [-0.4, -0.2) is 15.5 Å². The number of aryl methyl sites for hydroxylation is 1. The lowest BCUT2D eigenvalue weighted by Gasteiger charge is -2.05. The summed E-state index contributed by atoms with van der Waals surface area (Å²) in [5.74, 6) is -0.172. The van der Waals surface area contributed by atoms with E-state index in [0.717, 1.165) is 11.1 Å². The smallest absolute Gasteiger partial charge is 0.271 e. The summed E-state index contributed by atoms with van der Waals surface area (Å²) in [6, 6.07) is 7.84. The predicted octanol–water partition coefficient (Wildman–Crippen LogP) is 0.809. The van der Waals surface area contributed by atoms with Crippen LogP contribution in [0, 0.1) is 0 Å². The van der Waals surface area contributed by atoms with Gasteiger partial charge in [0.1, 0.15) is 5.69 Å². The predicted molar refractivity (Wildman–Crippen MR) is 68.7 cm³/mol. The highest BCUT2D eigenvalue weighted by atomic mass is 16.1. The summed E-state index contributed by atoms with van der Waals surface area (Å²) in [4.78, 5) is 15.8. The average Bonchev–Trinajstić information content (AvgIpc) is 2.83. The zero-order valence-electron chi connectivity index (χ0n) is 10.3. The molecule has 5 nitrogen and oxygen atoms in total. The molecule has 1 heterocycles. The van der Waals surface area contributed by atoms with E-state index in [-0.39, 0.29) is 5.91 Å². The fraction of sp³-hybridized carbons (Fsp3) is 0.231. The molecule has 0 aliphatic carbocycles. The average molecular weight is 244 g/mol. The number of imidazole rings is 1. The quantitative estimate of drug-likeness (QED) is 0.836. The fourth-order valence-corrected chi connectivity index (χ4v) is 1.67. The lowest BCUT2D eigenvalue weighted by Crippen LogP contribution is -2.23. The molecule has 94 valence electrons. The fourth-order valence-electron chi connectivity index (χ4n) is 1.67. The number of nitrogens with zero attached hydrogens (tertiary/aromatic N) is 2. The molecule has 0 saturated heterocycles. The van der Waals surface area contributed by atoms with Crippen molar-refractivity contribution in [2.75, 3.05) is 0 Å². The maximum absolute atomic E-state index is 11.8. The molecule has 3 N–H and O–H groups in total. The van der Waals surface area contributed by atoms with E-state index in [9.17, 15) is 4.79 Å². The Morgan fingerprint density at radius 3 is 2.89 bits per heavy atom. The summed E-state index contributed by atoms with van der Waals surface area (Å²) in [5.41, 5.74) is 8.08. The second kappa shape index (κ2) is 5.46. The van der Waals surface area contributed by atoms with Gasteiger partial charge in [0.25, 0.3) is 5.91 Å². The molecule has 18 heavy (non-hydrogen) atoms. The zero-order valence-corrected chi connectivity index (χ0v) is 10.3. The van der Waals surface area contributed by atoms with E-state index < -0.39 is 0 Å². The molecule has 1 aromatic carbocycles. The maximum Gasteiger partial charge on any atom is 0.271 e. The van der Waals surface area contributed by atoms with Crippen LogP contribution < -0.4 is 11.1 Å². The van der Waals surface area contributed by atoms with E-state index in [4.69, 9.17) is 5.73 Å². The first-order valence-electron chi connectivity index (χ1n) is 5.73. The molecule has 2 aromatic rings. The van der Waals surface area contributed by atoms with Gasteiger partial charge in [0.15, 0.2) is 0 Å². The van der Waals surface area contributed by atoms with Crippen molar-refractivity contribution < 1.29 is 4.79 Å². The third kappa shape index (κ3) is 2.95. The highest BCUT2D eigenvalue weighted by molar-refractivity contribution is 5.91. The number of carbonyl (C=O) groups excluding carboxylic acids is 1. The van der Waals surface area contributed by atoms with E-state index in [0.29, 0.717) is 18.8 Å². The standard InChI is InChI=1S/C13H16N4O/c1-17-8-12(16-9-17)13(18)15-7-11-4-2-3-10(5-11)6-14/h2-5,8-9H,6-7,14H2,1H3,(H,15,18). The summed E-state index contributed by atoms with van der Waals surface area (Å²) in [5, 5.41) is 2.82. The zero-order chi connectivity index (χ0) is 13.0. The van der Waals surface area contributed by atoms with Crippen molar-refractivity contribution in [1.29, 1.82) is 0 Å². The molecule has 0 unspecified atom stereocenters. The molecule has 2 rings (SSSR count). The SMILES string of the molecule is Cn1cnc(C(=O)NCc2cccc(CN)c2)c1. The van der Waals surface area contributed by atoms with Crippen molar-refractivity contribution in [3.8, 4) is 0 Å². The molecule has 5 heteroatoms. The van der Waals surface area contributed by atoms with E-state index in [1.165, 1.54) is 0 Å². The molecule has 0 spiro atoms. The number of rotatable bonds is 4. The number of nitrogens with one attached hydrogen (secondary N) is 1. The molecule has 0 aliphatic heterocycles. The van der Waals surface area contributed by atoms with Crippen LogP contribution in [0.1, 0.15) is 21.6 Å². The van der Waals surface area contributed by atoms with Crippen LogP contribution in [0.2, 0.25) is 0 Å². The molecule has 1 aromatic heterocycles. The second-order valence-electron chi connectivity index (χ2n) is 4.13. The molecule has 1 amide bonds. The van der Waals surface area contributed by atoms with Crippen LogP contribution in [0.15, 0.2) is 36.8 Å². The number of amides is 1. The number of benzene rings is 1. The van der Waals surface area contributed by atoms with Crippen LogP contribution in [0.4, 0.5) is 0 Å². The third-order valence-corrected chi connectivity index (χ3v) is 2.62. The summed E-state index contributed by atoms with van der Waals surface area (Å²) < 4.78 is 1.74. The van der Waals surface area contributed by atoms with E-state index >= 15 is 0 Å². The van der Waals surface area contributed by atoms with Gasteiger partial charge < -0.3 is 15.6 Å². The molecule has 0 atom stereocenters. The van der Waals surface area contributed by atoms with Crippen molar-refractivity contribution in [3.05, 3.63) is 53.6 Å². The number of nitrogens with two attached hydrogens (primary N) is 1. The van der Waals surface area contributed by atoms with Gasteiger partial charge in [0, 0.05) is 26.3 Å². The van der Waals surface area contributed by atoms with Crippen molar-refractivity contribution in [1.82, 2.24) is 14.9 Å². The van der Waals surface area contributed by atoms with Gasteiger partial charge in [0.2, 0.25) is 0 Å². The largest absolute Gasteiger partial charge is 0.347 e. The van der Waals surface area contributed by atoms with Gasteiger partial charge in [-0.25, -0.2) is 4.98 Å². The minimum atomic E-state index is -0.172. The Balaban J connectivity index is 1.97. The topological polar surface area (TPSA) is 72.9 Å². The highest BCUT2D eigenvalue weighted by Gasteiger charge is 2.07. The molecule has 0 aliphatic rings. The Labute approximate surface area is 106 Å². The van der Waals surface area contributed by atoms with Gasteiger partial charge in [-0.3, -0.25) is 4.79 Å². The Bertz CT molecular complexity index is 547. The van der Waals surface area contributed by atoms with Crippen molar-refractivity contribution in [2.24, 2.45) is 12.8 Å². The monoisotopic (exact) mass is 244 g/mol. The Kier molecular flexibility index (Phi) is 3.74. The van der Waals surface area contributed by atoms with Crippen molar-refractivity contribution >= 4 is 5.91 Å². The number of aromatic nitrogens is 2. The number of hydrogen-bond acceptors (Lipinski definition) is 3. The molecular formula is C13H16N4O. The van der Waals surface area contributed by atoms with Crippen LogP contribution in [-0.2, 0) is 20.1 Å². The normalized spacial score (nSPS) is 10.3. The molecule has 0 radical (unpaired) electrons. The minimum Gasteiger partial charge on any atom is -0.347 e. The van der Waals surface area contributed by atoms with Crippen LogP contribution in [0.5, 0.6) is 0 Å². The Morgan fingerprint density at radius 2 is 2.22 bits per heavy atom. The highest BCUT2D eigenvalue weighted by Crippen LogP contribution is 2.04. The lowest BCUT2D eigenvalue weighted by molar-refractivity contribution is 0.0946. The number of hydrogen-bond donors (Lipinski definition) is 2. The van der Waals surface area contributed by atoms with E-state index in [2.05, 4.69) is 10.3 Å². The second-order valence-corrected chi connectivity index (χ2v) is 4.13.